The van der Waals surface area contributed by atoms with E-state index in [2.05, 4.69) is 12.2 Å². The fraction of sp³-hybridized carbons (Fsp3) is 0.409. The summed E-state index contributed by atoms with van der Waals surface area (Å²) >= 11 is 5.88. The van der Waals surface area contributed by atoms with E-state index in [-0.39, 0.29) is 23.5 Å². The van der Waals surface area contributed by atoms with Gasteiger partial charge in [0.1, 0.15) is 5.75 Å². The Bertz CT molecular complexity index is 954. The lowest BCUT2D eigenvalue weighted by Crippen LogP contribution is -2.37. The largest absolute Gasteiger partial charge is 0.484 e. The number of ether oxygens (including phenoxy) is 1. The van der Waals surface area contributed by atoms with Crippen LogP contribution in [0, 0.1) is 5.92 Å². The van der Waals surface area contributed by atoms with Gasteiger partial charge in [-0.05, 0) is 67.6 Å². The van der Waals surface area contributed by atoms with Crippen molar-refractivity contribution in [1.82, 2.24) is 9.62 Å². The molecule has 0 aromatic heterocycles. The number of piperidine rings is 1. The summed E-state index contributed by atoms with van der Waals surface area (Å²) < 4.78 is 32.6. The molecule has 0 spiro atoms. The minimum Gasteiger partial charge on any atom is -0.484 e. The Kier molecular flexibility index (Phi) is 7.39. The molecule has 2 aromatic carbocycles. The van der Waals surface area contributed by atoms with Crippen molar-refractivity contribution < 1.29 is 17.9 Å². The van der Waals surface area contributed by atoms with E-state index >= 15 is 0 Å². The first-order chi connectivity index (χ1) is 14.3. The zero-order chi connectivity index (χ0) is 21.7. The van der Waals surface area contributed by atoms with E-state index < -0.39 is 10.0 Å². The van der Waals surface area contributed by atoms with Gasteiger partial charge in [0, 0.05) is 18.1 Å². The van der Waals surface area contributed by atoms with Crippen LogP contribution in [-0.4, -0.2) is 38.3 Å². The first-order valence-corrected chi connectivity index (χ1v) is 11.9. The molecule has 0 bridgehead atoms. The van der Waals surface area contributed by atoms with Crippen molar-refractivity contribution in [1.29, 1.82) is 0 Å². The molecule has 0 radical (unpaired) electrons. The molecule has 1 N–H and O–H groups in total. The van der Waals surface area contributed by atoms with E-state index in [1.54, 1.807) is 24.3 Å². The van der Waals surface area contributed by atoms with E-state index in [0.29, 0.717) is 29.8 Å². The third-order valence-corrected chi connectivity index (χ3v) is 7.49. The van der Waals surface area contributed by atoms with Crippen LogP contribution in [0.2, 0.25) is 5.02 Å². The van der Waals surface area contributed by atoms with Gasteiger partial charge in [0.25, 0.3) is 5.91 Å². The summed E-state index contributed by atoms with van der Waals surface area (Å²) in [6.45, 7) is 4.96. The minimum absolute atomic E-state index is 0.159. The molecule has 1 aliphatic heterocycles. The molecule has 3 rings (SSSR count). The number of carbonyl (C=O) groups is 1. The minimum atomic E-state index is -3.49. The predicted octanol–water partition coefficient (Wildman–Crippen LogP) is 4.02. The number of benzene rings is 2. The van der Waals surface area contributed by atoms with Gasteiger partial charge in [-0.1, -0.05) is 30.7 Å². The zero-order valence-corrected chi connectivity index (χ0v) is 18.7. The normalized spacial score (nSPS) is 16.8. The first kappa shape index (κ1) is 22.6. The van der Waals surface area contributed by atoms with Crippen LogP contribution in [0.4, 0.5) is 0 Å². The maximum absolute atomic E-state index is 12.8. The summed E-state index contributed by atoms with van der Waals surface area (Å²) in [5.41, 5.74) is 0.939. The van der Waals surface area contributed by atoms with Crippen molar-refractivity contribution in [2.75, 3.05) is 19.7 Å². The van der Waals surface area contributed by atoms with Crippen molar-refractivity contribution >= 4 is 27.5 Å². The maximum atomic E-state index is 12.8. The third-order valence-electron chi connectivity index (χ3n) is 5.32. The summed E-state index contributed by atoms with van der Waals surface area (Å²) in [4.78, 5) is 12.4. The smallest absolute Gasteiger partial charge is 0.258 e. The number of sulfonamides is 1. The quantitative estimate of drug-likeness (QED) is 0.691. The summed E-state index contributed by atoms with van der Waals surface area (Å²) in [6, 6.07) is 13.3. The molecule has 1 heterocycles. The third kappa shape index (κ3) is 5.74. The van der Waals surface area contributed by atoms with Gasteiger partial charge in [0.05, 0.1) is 10.9 Å². The summed E-state index contributed by atoms with van der Waals surface area (Å²) in [5, 5.41) is 3.50. The lowest BCUT2D eigenvalue weighted by Gasteiger charge is -2.29. The van der Waals surface area contributed by atoms with Crippen LogP contribution < -0.4 is 10.1 Å². The Morgan fingerprint density at radius 1 is 1.13 bits per heavy atom. The average Bonchev–Trinajstić information content (AvgIpc) is 2.73. The summed E-state index contributed by atoms with van der Waals surface area (Å²) in [7, 11) is -3.49. The molecule has 30 heavy (non-hydrogen) atoms. The number of nitrogens with one attached hydrogen (secondary N) is 1. The highest BCUT2D eigenvalue weighted by Gasteiger charge is 2.27. The summed E-state index contributed by atoms with van der Waals surface area (Å²) in [5.74, 6) is 0.730. The van der Waals surface area contributed by atoms with Crippen LogP contribution in [0.3, 0.4) is 0 Å². The molecule has 8 heteroatoms. The van der Waals surface area contributed by atoms with Gasteiger partial charge >= 0.3 is 0 Å². The average molecular weight is 451 g/mol. The monoisotopic (exact) mass is 450 g/mol. The fourth-order valence-electron chi connectivity index (χ4n) is 3.35. The highest BCUT2D eigenvalue weighted by atomic mass is 35.5. The molecule has 2 aromatic rings. The zero-order valence-electron chi connectivity index (χ0n) is 17.2. The van der Waals surface area contributed by atoms with Gasteiger partial charge in [0.2, 0.25) is 10.0 Å². The Morgan fingerprint density at radius 3 is 2.33 bits per heavy atom. The number of nitrogens with zero attached hydrogens (tertiary/aromatic N) is 1. The molecule has 1 atom stereocenters. The Labute approximate surface area is 183 Å². The molecule has 1 amide bonds. The Hall–Kier alpha value is -2.09. The van der Waals surface area contributed by atoms with Crippen LogP contribution in [0.5, 0.6) is 5.75 Å². The second-order valence-corrected chi connectivity index (χ2v) is 10.1. The van der Waals surface area contributed by atoms with Crippen LogP contribution >= 0.6 is 11.6 Å². The molecular formula is C22H27ClN2O4S. The van der Waals surface area contributed by atoms with Crippen LogP contribution in [-0.2, 0) is 14.8 Å². The number of carbonyl (C=O) groups excluding carboxylic acids is 1. The van der Waals surface area contributed by atoms with Gasteiger partial charge in [0.15, 0.2) is 6.61 Å². The number of hydrogen-bond donors (Lipinski definition) is 1. The molecule has 1 fully saturated rings. The number of amides is 1. The lowest BCUT2D eigenvalue weighted by molar-refractivity contribution is -0.123. The van der Waals surface area contributed by atoms with Crippen molar-refractivity contribution in [2.45, 2.75) is 37.6 Å². The Balaban J connectivity index is 1.53. The van der Waals surface area contributed by atoms with E-state index in [9.17, 15) is 13.2 Å². The van der Waals surface area contributed by atoms with Crippen molar-refractivity contribution in [2.24, 2.45) is 5.92 Å². The lowest BCUT2D eigenvalue weighted by atomic mass is 10.0. The molecule has 1 saturated heterocycles. The SMILES string of the molecule is CC1CCN(S(=O)(=O)c2ccc(OCC(=O)NC(C)c3ccc(Cl)cc3)cc2)CC1. The van der Waals surface area contributed by atoms with Crippen molar-refractivity contribution in [3.63, 3.8) is 0 Å². The van der Waals surface area contributed by atoms with Crippen LogP contribution in [0.1, 0.15) is 38.3 Å². The number of hydrogen-bond acceptors (Lipinski definition) is 4. The van der Waals surface area contributed by atoms with Gasteiger partial charge in [-0.15, -0.1) is 0 Å². The van der Waals surface area contributed by atoms with Crippen LogP contribution in [0.25, 0.3) is 0 Å². The van der Waals surface area contributed by atoms with Crippen LogP contribution in [0.15, 0.2) is 53.4 Å². The molecule has 6 nitrogen and oxygen atoms in total. The molecule has 1 unspecified atom stereocenters. The molecule has 162 valence electrons. The van der Waals surface area contributed by atoms with Crippen molar-refractivity contribution in [3.8, 4) is 5.75 Å². The van der Waals surface area contributed by atoms with Gasteiger partial charge in [-0.3, -0.25) is 4.79 Å². The standard InChI is InChI=1S/C22H27ClN2O4S/c1-16-11-13-25(14-12-16)30(27,28)21-9-7-20(8-10-21)29-15-22(26)24-17(2)18-3-5-19(23)6-4-18/h3-10,16-17H,11-15H2,1-2H3,(H,24,26). The predicted molar refractivity (Wildman–Crippen MR) is 117 cm³/mol. The molecular weight excluding hydrogens is 424 g/mol. The number of rotatable bonds is 7. The van der Waals surface area contributed by atoms with Gasteiger partial charge in [-0.25, -0.2) is 8.42 Å². The maximum Gasteiger partial charge on any atom is 0.258 e. The molecule has 0 aliphatic carbocycles. The van der Waals surface area contributed by atoms with E-state index in [4.69, 9.17) is 16.3 Å². The fourth-order valence-corrected chi connectivity index (χ4v) is 4.94. The highest BCUT2D eigenvalue weighted by molar-refractivity contribution is 7.89. The second kappa shape index (κ2) is 9.81. The topological polar surface area (TPSA) is 75.7 Å². The first-order valence-electron chi connectivity index (χ1n) is 10.0. The number of halogens is 1. The van der Waals surface area contributed by atoms with Gasteiger partial charge in [-0.2, -0.15) is 4.31 Å². The van der Waals surface area contributed by atoms with E-state index in [0.717, 1.165) is 18.4 Å². The second-order valence-electron chi connectivity index (χ2n) is 7.69. The van der Waals surface area contributed by atoms with E-state index in [1.165, 1.54) is 16.4 Å². The van der Waals surface area contributed by atoms with Gasteiger partial charge < -0.3 is 10.1 Å². The van der Waals surface area contributed by atoms with E-state index in [1.807, 2.05) is 19.1 Å². The Morgan fingerprint density at radius 2 is 1.73 bits per heavy atom. The highest BCUT2D eigenvalue weighted by Crippen LogP contribution is 2.25. The van der Waals surface area contributed by atoms with Crippen molar-refractivity contribution in [3.05, 3.63) is 59.1 Å². The summed E-state index contributed by atoms with van der Waals surface area (Å²) in [6.07, 6.45) is 1.76. The molecule has 1 aliphatic rings. The molecule has 0 saturated carbocycles.